The molecule has 1 aromatic heterocycles. The second-order valence-electron chi connectivity index (χ2n) is 7.14. The first-order valence-corrected chi connectivity index (χ1v) is 8.78. The highest BCUT2D eigenvalue weighted by molar-refractivity contribution is 5.88. The van der Waals surface area contributed by atoms with Crippen molar-refractivity contribution in [1.82, 2.24) is 20.1 Å². The molecule has 0 aliphatic carbocycles. The fourth-order valence-electron chi connectivity index (χ4n) is 3.48. The van der Waals surface area contributed by atoms with Crippen molar-refractivity contribution in [2.24, 2.45) is 4.99 Å². The summed E-state index contributed by atoms with van der Waals surface area (Å²) in [6.07, 6.45) is 1.76. The van der Waals surface area contributed by atoms with Gasteiger partial charge < -0.3 is 20.4 Å². The molecule has 0 atom stereocenters. The van der Waals surface area contributed by atoms with Gasteiger partial charge in [0, 0.05) is 38.9 Å². The summed E-state index contributed by atoms with van der Waals surface area (Å²) in [5.74, 6) is 1.75. The molecule has 0 aromatic carbocycles. The molecule has 1 amide bonds. The molecule has 0 saturated carbocycles. The number of hydrogen-bond acceptors (Lipinski definition) is 4. The monoisotopic (exact) mass is 346 g/mol. The normalized spacial score (nSPS) is 17.8. The maximum Gasteiger partial charge on any atom is 0.242 e. The molecular weight excluding hydrogens is 316 g/mol. The predicted molar refractivity (Wildman–Crippen MR) is 102 cm³/mol. The third-order valence-corrected chi connectivity index (χ3v) is 4.23. The number of amides is 1. The van der Waals surface area contributed by atoms with Gasteiger partial charge in [-0.15, -0.1) is 0 Å². The predicted octanol–water partition coefficient (Wildman–Crippen LogP) is 1.40. The maximum absolute atomic E-state index is 12.6. The fraction of sp³-hybridized carbons (Fsp3) is 0.611. The molecule has 0 bridgehead atoms. The number of aromatic nitrogens is 1. The van der Waals surface area contributed by atoms with Gasteiger partial charge >= 0.3 is 0 Å². The van der Waals surface area contributed by atoms with Crippen LogP contribution in [0.4, 0.5) is 5.82 Å². The van der Waals surface area contributed by atoms with Crippen LogP contribution in [-0.2, 0) is 4.79 Å². The van der Waals surface area contributed by atoms with Crippen LogP contribution in [0.3, 0.4) is 0 Å². The van der Waals surface area contributed by atoms with Crippen molar-refractivity contribution >= 4 is 17.7 Å². The maximum atomic E-state index is 12.6. The highest BCUT2D eigenvalue weighted by atomic mass is 16.2. The summed E-state index contributed by atoms with van der Waals surface area (Å²) in [6.45, 7) is 10.9. The zero-order chi connectivity index (χ0) is 18.4. The minimum absolute atomic E-state index is 0.140. The number of rotatable bonds is 5. The Bertz CT molecular complexity index is 599. The first kappa shape index (κ1) is 19.0. The molecule has 0 spiro atoms. The van der Waals surface area contributed by atoms with Crippen molar-refractivity contribution in [3.8, 4) is 0 Å². The average Bonchev–Trinajstić information content (AvgIpc) is 2.54. The summed E-state index contributed by atoms with van der Waals surface area (Å²) in [5.41, 5.74) is -0.229. The van der Waals surface area contributed by atoms with E-state index in [4.69, 9.17) is 0 Å². The molecule has 138 valence electrons. The fourth-order valence-corrected chi connectivity index (χ4v) is 3.48. The molecule has 1 aliphatic rings. The standard InChI is InChI=1S/C18H30N6O/c1-14(2)24-16(25)12-23(13-18(24,3)4)17(19-5)22-11-10-21-15-8-6-7-9-20-15/h6-9,14H,10-13H2,1-5H3,(H,19,22)(H,20,21). The van der Waals surface area contributed by atoms with Gasteiger partial charge in [-0.3, -0.25) is 9.79 Å². The van der Waals surface area contributed by atoms with Gasteiger partial charge in [-0.05, 0) is 39.8 Å². The van der Waals surface area contributed by atoms with Crippen LogP contribution in [0.15, 0.2) is 29.4 Å². The molecule has 1 fully saturated rings. The van der Waals surface area contributed by atoms with Crippen LogP contribution < -0.4 is 10.6 Å². The molecule has 2 heterocycles. The Balaban J connectivity index is 1.89. The van der Waals surface area contributed by atoms with E-state index in [9.17, 15) is 4.79 Å². The van der Waals surface area contributed by atoms with Gasteiger partial charge in [0.25, 0.3) is 0 Å². The number of carbonyl (C=O) groups excluding carboxylic acids is 1. The number of piperazine rings is 1. The van der Waals surface area contributed by atoms with Crippen LogP contribution in [-0.4, -0.2) is 71.5 Å². The van der Waals surface area contributed by atoms with E-state index in [-0.39, 0.29) is 17.5 Å². The van der Waals surface area contributed by atoms with Crippen molar-refractivity contribution in [3.63, 3.8) is 0 Å². The molecule has 0 unspecified atom stereocenters. The van der Waals surface area contributed by atoms with Gasteiger partial charge in [-0.1, -0.05) is 6.07 Å². The molecule has 2 rings (SSSR count). The largest absolute Gasteiger partial charge is 0.368 e. The summed E-state index contributed by atoms with van der Waals surface area (Å²) >= 11 is 0. The number of anilines is 1. The quantitative estimate of drug-likeness (QED) is 0.479. The van der Waals surface area contributed by atoms with Crippen LogP contribution in [0.25, 0.3) is 0 Å². The van der Waals surface area contributed by atoms with Gasteiger partial charge in [-0.25, -0.2) is 4.98 Å². The molecule has 25 heavy (non-hydrogen) atoms. The van der Waals surface area contributed by atoms with Crippen LogP contribution in [0.2, 0.25) is 0 Å². The van der Waals surface area contributed by atoms with E-state index < -0.39 is 0 Å². The van der Waals surface area contributed by atoms with Gasteiger partial charge in [0.1, 0.15) is 5.82 Å². The molecule has 7 nitrogen and oxygen atoms in total. The topological polar surface area (TPSA) is 72.9 Å². The van der Waals surface area contributed by atoms with E-state index in [0.717, 1.165) is 24.9 Å². The van der Waals surface area contributed by atoms with Gasteiger partial charge in [0.05, 0.1) is 12.1 Å². The van der Waals surface area contributed by atoms with Gasteiger partial charge in [0.15, 0.2) is 5.96 Å². The third kappa shape index (κ3) is 4.84. The summed E-state index contributed by atoms with van der Waals surface area (Å²) < 4.78 is 0. The molecule has 1 aliphatic heterocycles. The van der Waals surface area contributed by atoms with E-state index in [0.29, 0.717) is 13.1 Å². The number of pyridine rings is 1. The lowest BCUT2D eigenvalue weighted by atomic mass is 9.96. The first-order chi connectivity index (χ1) is 11.8. The Morgan fingerprint density at radius 3 is 2.68 bits per heavy atom. The molecule has 7 heteroatoms. The van der Waals surface area contributed by atoms with E-state index in [1.54, 1.807) is 13.2 Å². The number of aliphatic imine (C=N–C) groups is 1. The van der Waals surface area contributed by atoms with Gasteiger partial charge in [-0.2, -0.15) is 0 Å². The molecule has 0 radical (unpaired) electrons. The SMILES string of the molecule is CN=C(NCCNc1ccccn1)N1CC(=O)N(C(C)C)C(C)(C)C1. The minimum Gasteiger partial charge on any atom is -0.368 e. The average molecular weight is 346 g/mol. The second kappa shape index (κ2) is 8.18. The van der Waals surface area contributed by atoms with Gasteiger partial charge in [0.2, 0.25) is 5.91 Å². The zero-order valence-electron chi connectivity index (χ0n) is 15.9. The first-order valence-electron chi connectivity index (χ1n) is 8.78. The molecule has 1 saturated heterocycles. The Kier molecular flexibility index (Phi) is 6.22. The van der Waals surface area contributed by atoms with Crippen molar-refractivity contribution in [2.45, 2.75) is 39.3 Å². The van der Waals surface area contributed by atoms with Crippen LogP contribution in [0, 0.1) is 0 Å². The third-order valence-electron chi connectivity index (χ3n) is 4.23. The Morgan fingerprint density at radius 2 is 2.12 bits per heavy atom. The Labute approximate surface area is 150 Å². The molecule has 2 N–H and O–H groups in total. The summed E-state index contributed by atoms with van der Waals surface area (Å²) in [5, 5.41) is 6.58. The number of hydrogen-bond donors (Lipinski definition) is 2. The lowest BCUT2D eigenvalue weighted by molar-refractivity contribution is -0.145. The van der Waals surface area contributed by atoms with Crippen molar-refractivity contribution in [2.75, 3.05) is 38.5 Å². The Morgan fingerprint density at radius 1 is 1.36 bits per heavy atom. The molecule has 1 aromatic rings. The number of guanidine groups is 1. The summed E-state index contributed by atoms with van der Waals surface area (Å²) in [7, 11) is 1.75. The zero-order valence-corrected chi connectivity index (χ0v) is 15.9. The minimum atomic E-state index is -0.229. The number of nitrogens with one attached hydrogen (secondary N) is 2. The smallest absolute Gasteiger partial charge is 0.242 e. The lowest BCUT2D eigenvalue weighted by Crippen LogP contribution is -2.66. The highest BCUT2D eigenvalue weighted by Crippen LogP contribution is 2.24. The van der Waals surface area contributed by atoms with Crippen molar-refractivity contribution in [3.05, 3.63) is 24.4 Å². The van der Waals surface area contributed by atoms with Crippen LogP contribution in [0.1, 0.15) is 27.7 Å². The van der Waals surface area contributed by atoms with E-state index in [1.807, 2.05) is 28.0 Å². The van der Waals surface area contributed by atoms with Crippen molar-refractivity contribution < 1.29 is 4.79 Å². The van der Waals surface area contributed by atoms with E-state index >= 15 is 0 Å². The molecular formula is C18H30N6O. The van der Waals surface area contributed by atoms with Crippen LogP contribution in [0.5, 0.6) is 0 Å². The lowest BCUT2D eigenvalue weighted by Gasteiger charge is -2.49. The van der Waals surface area contributed by atoms with Crippen LogP contribution >= 0.6 is 0 Å². The van der Waals surface area contributed by atoms with Crippen molar-refractivity contribution in [1.29, 1.82) is 0 Å². The number of nitrogens with zero attached hydrogens (tertiary/aromatic N) is 4. The second-order valence-corrected chi connectivity index (χ2v) is 7.14. The highest BCUT2D eigenvalue weighted by Gasteiger charge is 2.40. The van der Waals surface area contributed by atoms with E-state index in [1.165, 1.54) is 0 Å². The summed E-state index contributed by atoms with van der Waals surface area (Å²) in [4.78, 5) is 25.2. The van der Waals surface area contributed by atoms with E-state index in [2.05, 4.69) is 48.3 Å². The summed E-state index contributed by atoms with van der Waals surface area (Å²) in [6, 6.07) is 5.97. The number of carbonyl (C=O) groups is 1. The Hall–Kier alpha value is -2.31.